The lowest BCUT2D eigenvalue weighted by Gasteiger charge is -2.20. The van der Waals surface area contributed by atoms with Gasteiger partial charge < -0.3 is 15.4 Å². The van der Waals surface area contributed by atoms with Crippen LogP contribution in [0.4, 0.5) is 29.5 Å². The fraction of sp³-hybridized carbons (Fsp3) is 0.350. The van der Waals surface area contributed by atoms with Gasteiger partial charge in [0, 0.05) is 6.20 Å². The first-order valence-corrected chi connectivity index (χ1v) is 9.32. The quantitative estimate of drug-likeness (QED) is 0.610. The minimum absolute atomic E-state index is 0.147. The summed E-state index contributed by atoms with van der Waals surface area (Å²) >= 11 is 0. The Bertz CT molecular complexity index is 1000. The number of ether oxygens (including phenoxy) is 1. The number of carbonyl (C=O) groups excluding carboxylic acids is 3. The maximum absolute atomic E-state index is 12.5. The van der Waals surface area contributed by atoms with E-state index in [9.17, 15) is 27.6 Å². The van der Waals surface area contributed by atoms with Gasteiger partial charge in [-0.1, -0.05) is 0 Å². The van der Waals surface area contributed by atoms with Crippen LogP contribution in [0.25, 0.3) is 0 Å². The van der Waals surface area contributed by atoms with Crippen LogP contribution in [-0.2, 0) is 27.0 Å². The first kappa shape index (κ1) is 24.6. The molecule has 32 heavy (non-hydrogen) atoms. The molecule has 0 aromatic carbocycles. The smallest absolute Gasteiger partial charge is 0.417 e. The number of carbonyl (C=O) groups is 3. The highest BCUT2D eigenvalue weighted by atomic mass is 19.4. The number of nitrogens with zero attached hydrogens (tertiary/aromatic N) is 2. The van der Waals surface area contributed by atoms with Gasteiger partial charge >= 0.3 is 24.1 Å². The summed E-state index contributed by atoms with van der Waals surface area (Å²) in [6.07, 6.45) is -3.33. The van der Waals surface area contributed by atoms with Crippen molar-refractivity contribution in [1.82, 2.24) is 15.3 Å². The molecular weight excluding hydrogens is 431 g/mol. The lowest BCUT2D eigenvalue weighted by atomic mass is 10.2. The van der Waals surface area contributed by atoms with Crippen LogP contribution in [0.5, 0.6) is 0 Å². The Balaban J connectivity index is 1.90. The molecule has 0 atom stereocenters. The van der Waals surface area contributed by atoms with Crippen molar-refractivity contribution >= 4 is 29.4 Å². The fourth-order valence-corrected chi connectivity index (χ4v) is 2.31. The van der Waals surface area contributed by atoms with Gasteiger partial charge in [-0.25, -0.2) is 9.78 Å². The fourth-order valence-electron chi connectivity index (χ4n) is 2.31. The monoisotopic (exact) mass is 453 g/mol. The second kappa shape index (κ2) is 9.62. The van der Waals surface area contributed by atoms with Gasteiger partial charge in [-0.3, -0.25) is 19.9 Å². The zero-order chi connectivity index (χ0) is 24.1. The SMILES string of the molecule is Cc1cc(NC(=O)C(=O)NCc2ccc(C(F)(F)F)cn2)cnc1NC(=O)OC(C)(C)C. The third kappa shape index (κ3) is 7.52. The molecule has 0 aliphatic heterocycles. The van der Waals surface area contributed by atoms with Crippen LogP contribution < -0.4 is 16.0 Å². The van der Waals surface area contributed by atoms with E-state index in [1.807, 2.05) is 0 Å². The molecule has 12 heteroatoms. The van der Waals surface area contributed by atoms with Crippen LogP contribution >= 0.6 is 0 Å². The zero-order valence-corrected chi connectivity index (χ0v) is 17.8. The van der Waals surface area contributed by atoms with E-state index in [1.165, 1.54) is 12.3 Å². The first-order valence-electron chi connectivity index (χ1n) is 9.32. The van der Waals surface area contributed by atoms with Gasteiger partial charge in [-0.15, -0.1) is 0 Å². The van der Waals surface area contributed by atoms with Gasteiger partial charge in [0.2, 0.25) is 0 Å². The molecule has 2 aromatic heterocycles. The Morgan fingerprint density at radius 3 is 2.22 bits per heavy atom. The van der Waals surface area contributed by atoms with Crippen molar-refractivity contribution in [3.63, 3.8) is 0 Å². The van der Waals surface area contributed by atoms with E-state index < -0.39 is 35.2 Å². The summed E-state index contributed by atoms with van der Waals surface area (Å²) in [5.74, 6) is -1.80. The maximum Gasteiger partial charge on any atom is 0.417 e. The topological polar surface area (TPSA) is 122 Å². The van der Waals surface area contributed by atoms with E-state index in [0.29, 0.717) is 11.8 Å². The van der Waals surface area contributed by atoms with Crippen LogP contribution in [0.2, 0.25) is 0 Å². The Kier molecular flexibility index (Phi) is 7.39. The number of halogens is 3. The Morgan fingerprint density at radius 2 is 1.69 bits per heavy atom. The van der Waals surface area contributed by atoms with Gasteiger partial charge in [0.25, 0.3) is 0 Å². The zero-order valence-electron chi connectivity index (χ0n) is 17.8. The lowest BCUT2D eigenvalue weighted by molar-refractivity contribution is -0.137. The summed E-state index contributed by atoms with van der Waals surface area (Å²) in [6.45, 7) is 6.53. The van der Waals surface area contributed by atoms with Crippen molar-refractivity contribution in [3.05, 3.63) is 47.4 Å². The average molecular weight is 453 g/mol. The van der Waals surface area contributed by atoms with Gasteiger partial charge in [-0.05, 0) is 51.5 Å². The van der Waals surface area contributed by atoms with E-state index in [-0.39, 0.29) is 23.7 Å². The number of alkyl halides is 3. The van der Waals surface area contributed by atoms with Gasteiger partial charge in [0.05, 0.1) is 29.7 Å². The van der Waals surface area contributed by atoms with Crippen LogP contribution in [0.15, 0.2) is 30.6 Å². The number of aromatic nitrogens is 2. The molecule has 0 unspecified atom stereocenters. The minimum Gasteiger partial charge on any atom is -0.444 e. The molecule has 3 N–H and O–H groups in total. The molecule has 3 amide bonds. The Morgan fingerprint density at radius 1 is 1.00 bits per heavy atom. The Hall–Kier alpha value is -3.70. The largest absolute Gasteiger partial charge is 0.444 e. The van der Waals surface area contributed by atoms with Crippen LogP contribution in [0.3, 0.4) is 0 Å². The predicted octanol–water partition coefficient (Wildman–Crippen LogP) is 3.41. The number of pyridine rings is 2. The number of anilines is 2. The molecule has 0 fully saturated rings. The molecule has 0 radical (unpaired) electrons. The van der Waals surface area contributed by atoms with Crippen LogP contribution in [0.1, 0.15) is 37.6 Å². The highest BCUT2D eigenvalue weighted by Crippen LogP contribution is 2.28. The molecule has 2 heterocycles. The van der Waals surface area contributed by atoms with E-state index >= 15 is 0 Å². The lowest BCUT2D eigenvalue weighted by Crippen LogP contribution is -2.35. The highest BCUT2D eigenvalue weighted by Gasteiger charge is 2.30. The standard InChI is InChI=1S/C20H22F3N5O4/c1-11-7-14(10-25-15(11)28-18(31)32-19(2,3)4)27-17(30)16(29)26-9-13-6-5-12(8-24-13)20(21,22)23/h5-8,10H,9H2,1-4H3,(H,26,29)(H,27,30)(H,25,28,31). The highest BCUT2D eigenvalue weighted by molar-refractivity contribution is 6.39. The molecule has 0 saturated carbocycles. The molecule has 0 spiro atoms. The summed E-state index contributed by atoms with van der Waals surface area (Å²) < 4.78 is 42.7. The van der Waals surface area contributed by atoms with Crippen molar-refractivity contribution < 1.29 is 32.3 Å². The van der Waals surface area contributed by atoms with Crippen molar-refractivity contribution in [2.24, 2.45) is 0 Å². The molecule has 0 saturated heterocycles. The van der Waals surface area contributed by atoms with Crippen molar-refractivity contribution in [3.8, 4) is 0 Å². The van der Waals surface area contributed by atoms with E-state index in [0.717, 1.165) is 12.1 Å². The molecular formula is C20H22F3N5O4. The van der Waals surface area contributed by atoms with Crippen molar-refractivity contribution in [2.75, 3.05) is 10.6 Å². The van der Waals surface area contributed by atoms with Crippen molar-refractivity contribution in [1.29, 1.82) is 0 Å². The van der Waals surface area contributed by atoms with Gasteiger partial charge in [0.15, 0.2) is 0 Å². The van der Waals surface area contributed by atoms with E-state index in [1.54, 1.807) is 27.7 Å². The van der Waals surface area contributed by atoms with Crippen LogP contribution in [0, 0.1) is 6.92 Å². The number of aryl methyl sites for hydroxylation is 1. The maximum atomic E-state index is 12.5. The summed E-state index contributed by atoms with van der Waals surface area (Å²) in [5, 5.41) is 7.08. The summed E-state index contributed by atoms with van der Waals surface area (Å²) in [4.78, 5) is 43.5. The number of hydrogen-bond donors (Lipinski definition) is 3. The van der Waals surface area contributed by atoms with E-state index in [4.69, 9.17) is 4.74 Å². The number of amides is 3. The van der Waals surface area contributed by atoms with Gasteiger partial charge in [-0.2, -0.15) is 13.2 Å². The molecule has 0 aliphatic rings. The average Bonchev–Trinajstić information content (AvgIpc) is 2.66. The minimum atomic E-state index is -4.52. The van der Waals surface area contributed by atoms with Crippen molar-refractivity contribution in [2.45, 2.75) is 46.0 Å². The molecule has 0 aliphatic carbocycles. The first-order chi connectivity index (χ1) is 14.7. The molecule has 2 rings (SSSR count). The molecule has 0 bridgehead atoms. The molecule has 9 nitrogen and oxygen atoms in total. The second-order valence-corrected chi connectivity index (χ2v) is 7.69. The number of nitrogens with one attached hydrogen (secondary N) is 3. The Labute approximate surface area is 181 Å². The van der Waals surface area contributed by atoms with E-state index in [2.05, 4.69) is 25.9 Å². The second-order valence-electron chi connectivity index (χ2n) is 7.69. The van der Waals surface area contributed by atoms with Crippen LogP contribution in [-0.4, -0.2) is 33.5 Å². The number of rotatable bonds is 4. The summed E-state index contributed by atoms with van der Waals surface area (Å²) in [6, 6.07) is 3.42. The summed E-state index contributed by atoms with van der Waals surface area (Å²) in [7, 11) is 0. The normalized spacial score (nSPS) is 11.5. The predicted molar refractivity (Wildman–Crippen MR) is 109 cm³/mol. The molecule has 172 valence electrons. The molecule has 2 aromatic rings. The summed E-state index contributed by atoms with van der Waals surface area (Å²) in [5.41, 5.74) is -0.755. The third-order valence-electron chi connectivity index (χ3n) is 3.74. The van der Waals surface area contributed by atoms with Gasteiger partial charge in [0.1, 0.15) is 11.4 Å². The number of hydrogen-bond acceptors (Lipinski definition) is 6. The third-order valence-corrected chi connectivity index (χ3v) is 3.74.